The van der Waals surface area contributed by atoms with Crippen LogP contribution in [0.5, 0.6) is 5.75 Å². The molecule has 2 heterocycles. The van der Waals surface area contributed by atoms with E-state index < -0.39 is 0 Å². The summed E-state index contributed by atoms with van der Waals surface area (Å²) in [5, 5.41) is 11.9. The molecule has 1 aliphatic rings. The van der Waals surface area contributed by atoms with E-state index in [1.807, 2.05) is 89.6 Å². The van der Waals surface area contributed by atoms with Gasteiger partial charge in [0.15, 0.2) is 11.8 Å². The molecule has 5 rings (SSSR count). The number of hydrogen-bond acceptors (Lipinski definition) is 5. The predicted molar refractivity (Wildman–Crippen MR) is 142 cm³/mol. The van der Waals surface area contributed by atoms with Crippen LogP contribution in [0.2, 0.25) is 0 Å². The minimum Gasteiger partial charge on any atom is -0.497 e. The summed E-state index contributed by atoms with van der Waals surface area (Å²) in [6.07, 6.45) is 0.451. The minimum absolute atomic E-state index is 0.193. The Kier molecular flexibility index (Phi) is 7.13. The molecule has 0 saturated heterocycles. The summed E-state index contributed by atoms with van der Waals surface area (Å²) in [4.78, 5) is 18.7. The number of hydrogen-bond donors (Lipinski definition) is 1. The maximum Gasteiger partial charge on any atom is 0.272 e. The summed E-state index contributed by atoms with van der Waals surface area (Å²) >= 11 is 3.46. The van der Waals surface area contributed by atoms with Gasteiger partial charge in [-0.25, -0.2) is 0 Å². The predicted octanol–water partition coefficient (Wildman–Crippen LogP) is 5.44. The molecule has 1 aliphatic heterocycles. The average molecular weight is 545 g/mol. The van der Waals surface area contributed by atoms with Crippen molar-refractivity contribution in [1.82, 2.24) is 15.1 Å². The zero-order valence-electron chi connectivity index (χ0n) is 19.7. The van der Waals surface area contributed by atoms with Gasteiger partial charge in [0.1, 0.15) is 5.75 Å². The highest BCUT2D eigenvalue weighted by atomic mass is 79.9. The van der Waals surface area contributed by atoms with Crippen LogP contribution in [0.25, 0.3) is 11.3 Å². The highest BCUT2D eigenvalue weighted by Gasteiger charge is 2.25. The van der Waals surface area contributed by atoms with Crippen LogP contribution in [-0.2, 0) is 17.9 Å². The molecule has 0 spiro atoms. The van der Waals surface area contributed by atoms with Crippen molar-refractivity contribution >= 4 is 27.5 Å². The zero-order valence-corrected chi connectivity index (χ0v) is 21.3. The fraction of sp³-hybridized carbons (Fsp3) is 0.179. The Morgan fingerprint density at radius 3 is 2.61 bits per heavy atom. The van der Waals surface area contributed by atoms with E-state index in [4.69, 9.17) is 9.57 Å². The van der Waals surface area contributed by atoms with Crippen molar-refractivity contribution in [2.24, 2.45) is 5.16 Å². The Labute approximate surface area is 217 Å². The van der Waals surface area contributed by atoms with Crippen LogP contribution in [0.1, 0.15) is 28.0 Å². The third-order valence-corrected chi connectivity index (χ3v) is 6.45. The normalized spacial score (nSPS) is 14.7. The first-order valence-electron chi connectivity index (χ1n) is 11.6. The standard InChI is InChI=1S/C28H25BrN4O3/c1-35-23-12-10-20(11-13-23)25-15-24(36-32-25)18-33-27(21-7-3-2-4-8-21)16-26(31-33)28(34)30-17-19-6-5-9-22(29)14-19/h2-14,16,24H,15,17-18H2,1H3,(H,30,34). The summed E-state index contributed by atoms with van der Waals surface area (Å²) in [5.41, 5.74) is 5.06. The van der Waals surface area contributed by atoms with E-state index in [-0.39, 0.29) is 12.0 Å². The molecule has 3 aromatic carbocycles. The number of aromatic nitrogens is 2. The lowest BCUT2D eigenvalue weighted by molar-refractivity contribution is 0.0698. The summed E-state index contributed by atoms with van der Waals surface area (Å²) in [7, 11) is 1.64. The number of amides is 1. The van der Waals surface area contributed by atoms with Gasteiger partial charge in [0.25, 0.3) is 5.91 Å². The zero-order chi connectivity index (χ0) is 24.9. The summed E-state index contributed by atoms with van der Waals surface area (Å²) < 4.78 is 8.04. The van der Waals surface area contributed by atoms with E-state index in [9.17, 15) is 4.79 Å². The molecule has 1 N–H and O–H groups in total. The second-order valence-corrected chi connectivity index (χ2v) is 9.39. The van der Waals surface area contributed by atoms with E-state index >= 15 is 0 Å². The van der Waals surface area contributed by atoms with Crippen LogP contribution in [0.15, 0.2) is 94.6 Å². The number of carbonyl (C=O) groups excluding carboxylic acids is 1. The first-order chi connectivity index (χ1) is 17.6. The van der Waals surface area contributed by atoms with Gasteiger partial charge >= 0.3 is 0 Å². The summed E-state index contributed by atoms with van der Waals surface area (Å²) in [5.74, 6) is 0.568. The van der Waals surface area contributed by atoms with Gasteiger partial charge in [0.05, 0.1) is 25.1 Å². The number of halogens is 1. The van der Waals surface area contributed by atoms with Crippen molar-refractivity contribution in [2.45, 2.75) is 25.6 Å². The van der Waals surface area contributed by atoms with Crippen molar-refractivity contribution in [2.75, 3.05) is 7.11 Å². The van der Waals surface area contributed by atoms with Gasteiger partial charge < -0.3 is 14.9 Å². The molecular formula is C28H25BrN4O3. The van der Waals surface area contributed by atoms with Gasteiger partial charge in [-0.1, -0.05) is 63.6 Å². The molecule has 8 heteroatoms. The fourth-order valence-corrected chi connectivity index (χ4v) is 4.55. The van der Waals surface area contributed by atoms with Gasteiger partial charge in [0, 0.05) is 17.4 Å². The molecule has 0 aliphatic carbocycles. The maximum atomic E-state index is 13.0. The van der Waals surface area contributed by atoms with Gasteiger partial charge in [-0.3, -0.25) is 9.48 Å². The van der Waals surface area contributed by atoms with E-state index in [1.54, 1.807) is 7.11 Å². The smallest absolute Gasteiger partial charge is 0.272 e. The van der Waals surface area contributed by atoms with E-state index in [2.05, 4.69) is 31.5 Å². The van der Waals surface area contributed by atoms with Gasteiger partial charge in [-0.2, -0.15) is 5.10 Å². The van der Waals surface area contributed by atoms with E-state index in [0.717, 1.165) is 38.3 Å². The van der Waals surface area contributed by atoms with E-state index in [1.165, 1.54) is 0 Å². The van der Waals surface area contributed by atoms with Crippen molar-refractivity contribution in [1.29, 1.82) is 0 Å². The van der Waals surface area contributed by atoms with Crippen LogP contribution < -0.4 is 10.1 Å². The molecule has 1 aromatic heterocycles. The van der Waals surface area contributed by atoms with Gasteiger partial charge in [-0.15, -0.1) is 0 Å². The van der Waals surface area contributed by atoms with Gasteiger partial charge in [-0.05, 0) is 59.2 Å². The number of benzene rings is 3. The molecular weight excluding hydrogens is 520 g/mol. The largest absolute Gasteiger partial charge is 0.497 e. The van der Waals surface area contributed by atoms with Crippen LogP contribution in [0, 0.1) is 0 Å². The third-order valence-electron chi connectivity index (χ3n) is 5.96. The molecule has 1 amide bonds. The highest BCUT2D eigenvalue weighted by molar-refractivity contribution is 9.10. The van der Waals surface area contributed by atoms with Crippen molar-refractivity contribution in [3.63, 3.8) is 0 Å². The number of nitrogens with zero attached hydrogens (tertiary/aromatic N) is 3. The lowest BCUT2D eigenvalue weighted by Gasteiger charge is -2.12. The molecule has 0 fully saturated rings. The second-order valence-electron chi connectivity index (χ2n) is 8.47. The first kappa shape index (κ1) is 23.8. The Balaban J connectivity index is 1.32. The number of rotatable bonds is 8. The average Bonchev–Trinajstić information content (AvgIpc) is 3.56. The van der Waals surface area contributed by atoms with Crippen LogP contribution in [0.4, 0.5) is 0 Å². The van der Waals surface area contributed by atoms with Crippen molar-refractivity contribution < 1.29 is 14.4 Å². The molecule has 36 heavy (non-hydrogen) atoms. The monoisotopic (exact) mass is 544 g/mol. The lowest BCUT2D eigenvalue weighted by Crippen LogP contribution is -2.24. The Morgan fingerprint density at radius 1 is 1.06 bits per heavy atom. The molecule has 7 nitrogen and oxygen atoms in total. The SMILES string of the molecule is COc1ccc(C2=NOC(Cn3nc(C(=O)NCc4cccc(Br)c4)cc3-c3ccccc3)C2)cc1. The molecule has 1 unspecified atom stereocenters. The molecule has 1 atom stereocenters. The van der Waals surface area contributed by atoms with Gasteiger partial charge in [0.2, 0.25) is 0 Å². The fourth-order valence-electron chi connectivity index (χ4n) is 4.10. The lowest BCUT2D eigenvalue weighted by atomic mass is 10.0. The Bertz CT molecular complexity index is 1380. The Morgan fingerprint density at radius 2 is 1.86 bits per heavy atom. The number of oxime groups is 1. The first-order valence-corrected chi connectivity index (χ1v) is 12.4. The van der Waals surface area contributed by atoms with Crippen LogP contribution >= 0.6 is 15.9 Å². The van der Waals surface area contributed by atoms with Crippen molar-refractivity contribution in [3.05, 3.63) is 106 Å². The summed E-state index contributed by atoms with van der Waals surface area (Å²) in [6.45, 7) is 0.878. The highest BCUT2D eigenvalue weighted by Crippen LogP contribution is 2.25. The molecule has 0 bridgehead atoms. The topological polar surface area (TPSA) is 77.7 Å². The van der Waals surface area contributed by atoms with E-state index in [0.29, 0.717) is 25.2 Å². The van der Waals surface area contributed by atoms with Crippen LogP contribution in [0.3, 0.4) is 0 Å². The molecule has 4 aromatic rings. The van der Waals surface area contributed by atoms with Crippen molar-refractivity contribution in [3.8, 4) is 17.0 Å². The maximum absolute atomic E-state index is 13.0. The molecule has 0 saturated carbocycles. The quantitative estimate of drug-likeness (QED) is 0.320. The Hall–Kier alpha value is -3.91. The number of carbonyl (C=O) groups is 1. The minimum atomic E-state index is -0.228. The third kappa shape index (κ3) is 5.49. The number of nitrogens with one attached hydrogen (secondary N) is 1. The number of methoxy groups -OCH3 is 1. The summed E-state index contributed by atoms with van der Waals surface area (Å²) in [6, 6.07) is 27.3. The second kappa shape index (κ2) is 10.8. The van der Waals surface area contributed by atoms with Crippen LogP contribution in [-0.4, -0.2) is 34.6 Å². The molecule has 0 radical (unpaired) electrons. The number of ether oxygens (including phenoxy) is 1. The molecule has 182 valence electrons.